The SMILES string of the molecule is O=C(NCC(F)(F)F)[C@H]1[C@H](CO)[C@H]2Cn3c(cccc3=O)[C@@H]1N2CC1CC1. The molecule has 2 fully saturated rings. The molecule has 3 heterocycles. The van der Waals surface area contributed by atoms with E-state index in [1.165, 1.54) is 6.07 Å². The molecule has 148 valence electrons. The highest BCUT2D eigenvalue weighted by atomic mass is 19.4. The van der Waals surface area contributed by atoms with Gasteiger partial charge in [0.15, 0.2) is 0 Å². The average molecular weight is 385 g/mol. The lowest BCUT2D eigenvalue weighted by Crippen LogP contribution is -2.47. The number of fused-ring (bicyclic) bond motifs is 4. The van der Waals surface area contributed by atoms with Crippen molar-refractivity contribution in [2.75, 3.05) is 19.7 Å². The van der Waals surface area contributed by atoms with E-state index in [9.17, 15) is 27.9 Å². The summed E-state index contributed by atoms with van der Waals surface area (Å²) in [5.41, 5.74) is 0.448. The zero-order chi connectivity index (χ0) is 19.3. The molecule has 2 bridgehead atoms. The Bertz CT molecular complexity index is 790. The van der Waals surface area contributed by atoms with Gasteiger partial charge in [-0.3, -0.25) is 14.5 Å². The number of nitrogens with zero attached hydrogens (tertiary/aromatic N) is 2. The fourth-order valence-corrected chi connectivity index (χ4v) is 4.63. The summed E-state index contributed by atoms with van der Waals surface area (Å²) in [6.07, 6.45) is -2.32. The van der Waals surface area contributed by atoms with Crippen LogP contribution < -0.4 is 10.9 Å². The molecule has 2 aliphatic heterocycles. The molecule has 27 heavy (non-hydrogen) atoms. The number of halogens is 3. The van der Waals surface area contributed by atoms with Crippen LogP contribution in [0.5, 0.6) is 0 Å². The maximum absolute atomic E-state index is 12.7. The van der Waals surface area contributed by atoms with Crippen molar-refractivity contribution >= 4 is 5.91 Å². The van der Waals surface area contributed by atoms with E-state index in [2.05, 4.69) is 4.90 Å². The molecule has 3 aliphatic rings. The number of amides is 1. The molecule has 0 radical (unpaired) electrons. The number of carbonyl (C=O) groups is 1. The largest absolute Gasteiger partial charge is 0.405 e. The van der Waals surface area contributed by atoms with Crippen LogP contribution in [0.15, 0.2) is 23.0 Å². The van der Waals surface area contributed by atoms with Crippen molar-refractivity contribution in [2.45, 2.75) is 37.6 Å². The Morgan fingerprint density at radius 3 is 2.67 bits per heavy atom. The van der Waals surface area contributed by atoms with Crippen LogP contribution in [0, 0.1) is 17.8 Å². The summed E-state index contributed by atoms with van der Waals surface area (Å²) >= 11 is 0. The number of alkyl halides is 3. The Balaban J connectivity index is 1.71. The number of aliphatic hydroxyl groups is 1. The molecule has 0 aromatic carbocycles. The molecule has 1 aromatic rings. The van der Waals surface area contributed by atoms with Crippen molar-refractivity contribution in [1.29, 1.82) is 0 Å². The zero-order valence-corrected chi connectivity index (χ0v) is 14.7. The van der Waals surface area contributed by atoms with Gasteiger partial charge in [-0.25, -0.2) is 0 Å². The van der Waals surface area contributed by atoms with Crippen molar-refractivity contribution in [3.8, 4) is 0 Å². The van der Waals surface area contributed by atoms with E-state index >= 15 is 0 Å². The summed E-state index contributed by atoms with van der Waals surface area (Å²) in [5, 5.41) is 11.9. The quantitative estimate of drug-likeness (QED) is 0.790. The first kappa shape index (κ1) is 18.5. The average Bonchev–Trinajstić information content (AvgIpc) is 3.38. The van der Waals surface area contributed by atoms with Gasteiger partial charge in [-0.05, 0) is 24.8 Å². The number of rotatable bonds is 5. The number of hydrogen-bond acceptors (Lipinski definition) is 4. The Hall–Kier alpha value is -1.87. The molecule has 9 heteroatoms. The molecule has 4 rings (SSSR count). The summed E-state index contributed by atoms with van der Waals surface area (Å²) in [7, 11) is 0. The number of nitrogens with one attached hydrogen (secondary N) is 1. The van der Waals surface area contributed by atoms with E-state index in [1.54, 1.807) is 16.7 Å². The standard InChI is InChI=1S/C18H22F3N3O3/c19-18(20,21)9-22-17(27)15-11(8-25)13-7-23-12(2-1-3-14(23)26)16(15)24(13)6-10-4-5-10/h1-3,10-11,13,15-16,25H,4-9H2,(H,22,27)/t11-,13-,15+,16+/m1/s1. The highest BCUT2D eigenvalue weighted by Gasteiger charge is 2.56. The smallest absolute Gasteiger partial charge is 0.396 e. The van der Waals surface area contributed by atoms with Crippen LogP contribution in [0.3, 0.4) is 0 Å². The van der Waals surface area contributed by atoms with Crippen molar-refractivity contribution in [1.82, 2.24) is 14.8 Å². The Morgan fingerprint density at radius 2 is 2.04 bits per heavy atom. The summed E-state index contributed by atoms with van der Waals surface area (Å²) in [4.78, 5) is 27.1. The second-order valence-corrected chi connectivity index (χ2v) is 7.76. The van der Waals surface area contributed by atoms with Gasteiger partial charge in [0.25, 0.3) is 5.56 Å². The van der Waals surface area contributed by atoms with Crippen LogP contribution in [-0.4, -0.2) is 52.4 Å². The summed E-state index contributed by atoms with van der Waals surface area (Å²) in [6, 6.07) is 4.07. The molecular weight excluding hydrogens is 363 g/mol. The van der Waals surface area contributed by atoms with E-state index < -0.39 is 36.5 Å². The molecular formula is C18H22F3N3O3. The molecule has 0 spiro atoms. The monoisotopic (exact) mass is 385 g/mol. The first-order valence-electron chi connectivity index (χ1n) is 9.21. The van der Waals surface area contributed by atoms with E-state index in [1.807, 2.05) is 5.32 Å². The van der Waals surface area contributed by atoms with Crippen molar-refractivity contribution in [3.05, 3.63) is 34.2 Å². The third kappa shape index (κ3) is 3.38. The topological polar surface area (TPSA) is 74.6 Å². The molecule has 6 nitrogen and oxygen atoms in total. The van der Waals surface area contributed by atoms with Gasteiger partial charge in [-0.15, -0.1) is 0 Å². The Kier molecular flexibility index (Phi) is 4.54. The van der Waals surface area contributed by atoms with E-state index in [0.717, 1.165) is 19.4 Å². The number of aliphatic hydroxyl groups excluding tert-OH is 1. The molecule has 1 saturated heterocycles. The highest BCUT2D eigenvalue weighted by molar-refractivity contribution is 5.80. The fraction of sp³-hybridized carbons (Fsp3) is 0.667. The number of aromatic nitrogens is 1. The maximum Gasteiger partial charge on any atom is 0.405 e. The lowest BCUT2D eigenvalue weighted by molar-refractivity contribution is -0.142. The van der Waals surface area contributed by atoms with Gasteiger partial charge in [-0.2, -0.15) is 13.2 Å². The lowest BCUT2D eigenvalue weighted by atomic mass is 9.86. The molecule has 1 aromatic heterocycles. The van der Waals surface area contributed by atoms with Crippen molar-refractivity contribution in [2.24, 2.45) is 17.8 Å². The van der Waals surface area contributed by atoms with E-state index in [-0.39, 0.29) is 18.2 Å². The first-order chi connectivity index (χ1) is 12.8. The van der Waals surface area contributed by atoms with E-state index in [0.29, 0.717) is 18.2 Å². The molecule has 1 amide bonds. The van der Waals surface area contributed by atoms with Crippen LogP contribution in [0.2, 0.25) is 0 Å². The van der Waals surface area contributed by atoms with Gasteiger partial charge in [-0.1, -0.05) is 6.07 Å². The van der Waals surface area contributed by atoms with Gasteiger partial charge in [0.1, 0.15) is 6.54 Å². The Morgan fingerprint density at radius 1 is 1.30 bits per heavy atom. The second-order valence-electron chi connectivity index (χ2n) is 7.76. The molecule has 0 unspecified atom stereocenters. The Labute approximate surface area is 154 Å². The number of pyridine rings is 1. The van der Waals surface area contributed by atoms with Crippen LogP contribution in [0.4, 0.5) is 13.2 Å². The first-order valence-corrected chi connectivity index (χ1v) is 9.21. The van der Waals surface area contributed by atoms with Gasteiger partial charge in [0, 0.05) is 43.4 Å². The lowest BCUT2D eigenvalue weighted by Gasteiger charge is -2.38. The second kappa shape index (κ2) is 6.63. The minimum atomic E-state index is -4.50. The van der Waals surface area contributed by atoms with Crippen molar-refractivity contribution < 1.29 is 23.1 Å². The third-order valence-corrected chi connectivity index (χ3v) is 5.98. The van der Waals surface area contributed by atoms with Gasteiger partial charge < -0.3 is 15.0 Å². The van der Waals surface area contributed by atoms with Gasteiger partial charge >= 0.3 is 6.18 Å². The zero-order valence-electron chi connectivity index (χ0n) is 14.7. The van der Waals surface area contributed by atoms with Crippen LogP contribution in [-0.2, 0) is 11.3 Å². The highest BCUT2D eigenvalue weighted by Crippen LogP contribution is 2.49. The molecule has 1 aliphatic carbocycles. The number of carbonyl (C=O) groups excluding carboxylic acids is 1. The molecule has 1 saturated carbocycles. The maximum atomic E-state index is 12.7. The normalized spacial score (nSPS) is 30.2. The fourth-order valence-electron chi connectivity index (χ4n) is 4.63. The summed E-state index contributed by atoms with van der Waals surface area (Å²) in [5.74, 6) is -1.55. The van der Waals surface area contributed by atoms with Gasteiger partial charge in [0.05, 0.1) is 12.0 Å². The van der Waals surface area contributed by atoms with E-state index in [4.69, 9.17) is 0 Å². The van der Waals surface area contributed by atoms with Crippen LogP contribution in [0.25, 0.3) is 0 Å². The van der Waals surface area contributed by atoms with Gasteiger partial charge in [0.2, 0.25) is 5.91 Å². The van der Waals surface area contributed by atoms with Crippen LogP contribution in [0.1, 0.15) is 24.6 Å². The predicted octanol–water partition coefficient (Wildman–Crippen LogP) is 0.900. The summed E-state index contributed by atoms with van der Waals surface area (Å²) in [6.45, 7) is -0.637. The number of hydrogen-bond donors (Lipinski definition) is 2. The molecule has 2 N–H and O–H groups in total. The van der Waals surface area contributed by atoms with Crippen LogP contribution >= 0.6 is 0 Å². The minimum Gasteiger partial charge on any atom is -0.396 e. The van der Waals surface area contributed by atoms with Crippen molar-refractivity contribution in [3.63, 3.8) is 0 Å². The third-order valence-electron chi connectivity index (χ3n) is 5.98. The minimum absolute atomic E-state index is 0.193. The molecule has 4 atom stereocenters. The summed E-state index contributed by atoms with van der Waals surface area (Å²) < 4.78 is 39.3. The predicted molar refractivity (Wildman–Crippen MR) is 89.8 cm³/mol.